The minimum atomic E-state index is -0.105. The van der Waals surface area contributed by atoms with E-state index in [0.29, 0.717) is 18.1 Å². The molecule has 1 aromatic heterocycles. The van der Waals surface area contributed by atoms with Gasteiger partial charge in [-0.2, -0.15) is 0 Å². The zero-order chi connectivity index (χ0) is 19.4. The number of carbonyl (C=O) groups excluding carboxylic acids is 1. The van der Waals surface area contributed by atoms with E-state index in [2.05, 4.69) is 21.9 Å². The van der Waals surface area contributed by atoms with Crippen molar-refractivity contribution in [1.82, 2.24) is 15.2 Å². The maximum Gasteiger partial charge on any atom is 0.244 e. The first-order chi connectivity index (χ1) is 12.3. The van der Waals surface area contributed by atoms with Crippen molar-refractivity contribution in [3.8, 4) is 5.75 Å². The number of allylic oxidation sites excluding steroid dienone is 1. The number of aryl methyl sites for hydroxylation is 1. The van der Waals surface area contributed by atoms with Gasteiger partial charge in [0.1, 0.15) is 11.6 Å². The average Bonchev–Trinajstić information content (AvgIpc) is 2.58. The van der Waals surface area contributed by atoms with Crippen molar-refractivity contribution in [1.29, 1.82) is 0 Å². The molecule has 1 aliphatic rings. The van der Waals surface area contributed by atoms with Crippen LogP contribution in [-0.2, 0) is 11.3 Å². The molecule has 1 amide bonds. The van der Waals surface area contributed by atoms with Gasteiger partial charge in [0, 0.05) is 22.2 Å². The third-order valence-electron chi connectivity index (χ3n) is 4.12. The number of thioether (sulfide) groups is 1. The minimum Gasteiger partial charge on any atom is -0.496 e. The molecule has 8 heteroatoms. The third kappa shape index (κ3) is 4.19. The number of aromatic nitrogens is 1. The van der Waals surface area contributed by atoms with Crippen LogP contribution in [0.5, 0.6) is 5.75 Å². The highest BCUT2D eigenvalue weighted by molar-refractivity contribution is 8.02. The summed E-state index contributed by atoms with van der Waals surface area (Å²) in [5.41, 5.74) is 9.10. The highest BCUT2D eigenvalue weighted by atomic mass is 32.2. The van der Waals surface area contributed by atoms with E-state index in [1.165, 1.54) is 11.8 Å². The second-order valence-electron chi connectivity index (χ2n) is 6.01. The van der Waals surface area contributed by atoms with Crippen LogP contribution in [0.25, 0.3) is 0 Å². The molecule has 0 bridgehead atoms. The molecular formula is C18H25N5O2S. The first-order valence-corrected chi connectivity index (χ1v) is 9.33. The molecule has 3 N–H and O–H groups in total. The number of aliphatic imine (C=N–C) groups is 1. The van der Waals surface area contributed by atoms with E-state index >= 15 is 0 Å². The van der Waals surface area contributed by atoms with E-state index in [9.17, 15) is 4.79 Å². The molecule has 1 fully saturated rings. The van der Waals surface area contributed by atoms with Crippen LogP contribution in [0.15, 0.2) is 34.2 Å². The predicted molar refractivity (Wildman–Crippen MR) is 106 cm³/mol. The van der Waals surface area contributed by atoms with Crippen molar-refractivity contribution in [3.05, 3.63) is 46.0 Å². The Balaban J connectivity index is 2.49. The molecule has 1 aromatic rings. The van der Waals surface area contributed by atoms with E-state index in [1.54, 1.807) is 13.3 Å². The first-order valence-electron chi connectivity index (χ1n) is 8.10. The van der Waals surface area contributed by atoms with Crippen molar-refractivity contribution in [2.24, 2.45) is 10.7 Å². The van der Waals surface area contributed by atoms with Crippen LogP contribution >= 0.6 is 11.8 Å². The number of amidine groups is 1. The van der Waals surface area contributed by atoms with Gasteiger partial charge in [0.2, 0.25) is 5.91 Å². The second kappa shape index (κ2) is 8.27. The van der Waals surface area contributed by atoms with Crippen LogP contribution in [-0.4, -0.2) is 41.5 Å². The number of hydrogen-bond acceptors (Lipinski definition) is 6. The number of nitrogens with two attached hydrogens (primary N) is 1. The number of carbonyl (C=O) groups is 1. The van der Waals surface area contributed by atoms with Crippen molar-refractivity contribution < 1.29 is 9.53 Å². The number of amides is 1. The Morgan fingerprint density at radius 3 is 2.81 bits per heavy atom. The number of hydrogen-bond donors (Lipinski definition) is 2. The van der Waals surface area contributed by atoms with Crippen molar-refractivity contribution in [3.63, 3.8) is 0 Å². The molecule has 0 aliphatic carbocycles. The number of pyridine rings is 1. The Bertz CT molecular complexity index is 801. The standard InChI is InChI=1S/C18H25N5O2S/c1-10-7-20-14(11(2)17(10)25-5)8-23-9-15(24)22-16(12(3)26-6)18(23)21-13(4)19/h7H,4,8-9,19H2,1-3,5-6H3,(H,22,24)/b16-12-,21-18+. The molecule has 0 aromatic carbocycles. The predicted octanol–water partition coefficient (Wildman–Crippen LogP) is 2.06. The zero-order valence-corrected chi connectivity index (χ0v) is 16.7. The normalized spacial score (nSPS) is 18.0. The summed E-state index contributed by atoms with van der Waals surface area (Å²) in [4.78, 5) is 23.9. The summed E-state index contributed by atoms with van der Waals surface area (Å²) in [5, 5.41) is 2.89. The largest absolute Gasteiger partial charge is 0.496 e. The molecule has 0 radical (unpaired) electrons. The van der Waals surface area contributed by atoms with Crippen LogP contribution in [0.4, 0.5) is 0 Å². The van der Waals surface area contributed by atoms with Crippen molar-refractivity contribution in [2.45, 2.75) is 27.3 Å². The van der Waals surface area contributed by atoms with Crippen LogP contribution in [0, 0.1) is 13.8 Å². The molecule has 1 aliphatic heterocycles. The SMILES string of the molecule is C=C(N)/N=C1\C(=C(/C)SC)NC(=O)CN1Cc1ncc(C)c(OC)c1C. The van der Waals surface area contributed by atoms with Crippen LogP contribution in [0.2, 0.25) is 0 Å². The number of nitrogens with one attached hydrogen (secondary N) is 1. The topological polar surface area (TPSA) is 92.8 Å². The van der Waals surface area contributed by atoms with Crippen LogP contribution in [0.1, 0.15) is 23.7 Å². The van der Waals surface area contributed by atoms with Gasteiger partial charge in [-0.3, -0.25) is 9.78 Å². The minimum absolute atomic E-state index is 0.105. The Hall–Kier alpha value is -2.48. The number of methoxy groups -OCH3 is 1. The van der Waals surface area contributed by atoms with Gasteiger partial charge >= 0.3 is 0 Å². The van der Waals surface area contributed by atoms with Gasteiger partial charge in [-0.15, -0.1) is 11.8 Å². The summed E-state index contributed by atoms with van der Waals surface area (Å²) >= 11 is 1.53. The maximum absolute atomic E-state index is 12.2. The third-order valence-corrected chi connectivity index (χ3v) is 4.94. The van der Waals surface area contributed by atoms with Gasteiger partial charge in [0.05, 0.1) is 31.6 Å². The van der Waals surface area contributed by atoms with E-state index < -0.39 is 0 Å². The molecular weight excluding hydrogens is 350 g/mol. The lowest BCUT2D eigenvalue weighted by Gasteiger charge is -2.33. The molecule has 7 nitrogen and oxygen atoms in total. The van der Waals surface area contributed by atoms with Gasteiger partial charge in [0.15, 0.2) is 5.84 Å². The van der Waals surface area contributed by atoms with E-state index in [1.807, 2.05) is 31.9 Å². The van der Waals surface area contributed by atoms with Gasteiger partial charge in [0.25, 0.3) is 0 Å². The van der Waals surface area contributed by atoms with Crippen molar-refractivity contribution >= 4 is 23.5 Å². The molecule has 0 saturated carbocycles. The molecule has 2 rings (SSSR count). The number of rotatable bonds is 5. The van der Waals surface area contributed by atoms with E-state index in [0.717, 1.165) is 27.5 Å². The van der Waals surface area contributed by atoms with Crippen molar-refractivity contribution in [2.75, 3.05) is 19.9 Å². The van der Waals surface area contributed by atoms with Gasteiger partial charge < -0.3 is 20.7 Å². The number of ether oxygens (including phenoxy) is 1. The first kappa shape index (κ1) is 19.8. The number of nitrogens with zero attached hydrogens (tertiary/aromatic N) is 3. The lowest BCUT2D eigenvalue weighted by molar-refractivity contribution is -0.121. The smallest absolute Gasteiger partial charge is 0.244 e. The molecule has 0 spiro atoms. The fourth-order valence-corrected chi connectivity index (χ4v) is 3.14. The summed E-state index contributed by atoms with van der Waals surface area (Å²) in [6.07, 6.45) is 3.71. The molecule has 1 saturated heterocycles. The summed E-state index contributed by atoms with van der Waals surface area (Å²) in [5.74, 6) is 1.46. The summed E-state index contributed by atoms with van der Waals surface area (Å²) in [6.45, 7) is 10.1. The van der Waals surface area contributed by atoms with Gasteiger partial charge in [-0.05, 0) is 27.0 Å². The maximum atomic E-state index is 12.2. The molecule has 140 valence electrons. The molecule has 0 unspecified atom stereocenters. The molecule has 26 heavy (non-hydrogen) atoms. The lowest BCUT2D eigenvalue weighted by Crippen LogP contribution is -2.50. The summed E-state index contributed by atoms with van der Waals surface area (Å²) < 4.78 is 5.48. The summed E-state index contributed by atoms with van der Waals surface area (Å²) in [7, 11) is 1.64. The highest BCUT2D eigenvalue weighted by Gasteiger charge is 2.29. The summed E-state index contributed by atoms with van der Waals surface area (Å²) in [6, 6.07) is 0. The Labute approximate surface area is 158 Å². The Kier molecular flexibility index (Phi) is 6.31. The quantitative estimate of drug-likeness (QED) is 0.818. The fraction of sp³-hybridized carbons (Fsp3) is 0.389. The zero-order valence-electron chi connectivity index (χ0n) is 15.8. The molecule has 2 heterocycles. The lowest BCUT2D eigenvalue weighted by atomic mass is 10.1. The Morgan fingerprint density at radius 2 is 2.23 bits per heavy atom. The van der Waals surface area contributed by atoms with Gasteiger partial charge in [-0.1, -0.05) is 6.58 Å². The second-order valence-corrected chi connectivity index (χ2v) is 7.03. The van der Waals surface area contributed by atoms with E-state index in [4.69, 9.17) is 10.5 Å². The van der Waals surface area contributed by atoms with Crippen LogP contribution in [0.3, 0.4) is 0 Å². The fourth-order valence-electron chi connectivity index (χ4n) is 2.79. The number of piperazine rings is 1. The van der Waals surface area contributed by atoms with E-state index in [-0.39, 0.29) is 18.3 Å². The van der Waals surface area contributed by atoms with Gasteiger partial charge in [-0.25, -0.2) is 4.99 Å². The Morgan fingerprint density at radius 1 is 1.54 bits per heavy atom. The average molecular weight is 375 g/mol. The van der Waals surface area contributed by atoms with Crippen LogP contribution < -0.4 is 15.8 Å². The monoisotopic (exact) mass is 375 g/mol. The highest BCUT2D eigenvalue weighted by Crippen LogP contribution is 2.26. The molecule has 0 atom stereocenters.